The summed E-state index contributed by atoms with van der Waals surface area (Å²) in [6.45, 7) is 5.44. The lowest BCUT2D eigenvalue weighted by Gasteiger charge is -2.30. The molecule has 0 aliphatic carbocycles. The second kappa shape index (κ2) is 6.80. The van der Waals surface area contributed by atoms with E-state index in [1.54, 1.807) is 0 Å². The maximum atomic E-state index is 11.6. The van der Waals surface area contributed by atoms with Crippen LogP contribution in [0.2, 0.25) is 0 Å². The minimum absolute atomic E-state index is 0.124. The van der Waals surface area contributed by atoms with Gasteiger partial charge in [0.2, 0.25) is 5.91 Å². The first-order valence-electron chi connectivity index (χ1n) is 5.79. The largest absolute Gasteiger partial charge is 0.372 e. The van der Waals surface area contributed by atoms with E-state index < -0.39 is 0 Å². The van der Waals surface area contributed by atoms with Gasteiger partial charge in [-0.05, 0) is 31.7 Å². The lowest BCUT2D eigenvalue weighted by Crippen LogP contribution is -2.40. The number of carbonyl (C=O) groups excluding carboxylic acids is 1. The molecule has 0 bridgehead atoms. The Morgan fingerprint density at radius 2 is 2.13 bits per heavy atom. The van der Waals surface area contributed by atoms with E-state index in [-0.39, 0.29) is 12.5 Å². The monoisotopic (exact) mass is 214 g/mol. The highest BCUT2D eigenvalue weighted by Gasteiger charge is 2.19. The zero-order valence-electron chi connectivity index (χ0n) is 9.58. The molecule has 1 aliphatic rings. The molecule has 0 aromatic heterocycles. The number of likely N-dealkylation sites (tertiary alicyclic amines) is 1. The normalized spacial score (nSPS) is 18.1. The standard InChI is InChI=1S/C11H22N2O2/c1-10-3-6-13(7-4-10)11(14)9-15-8-2-5-12/h10H,2-9,12H2,1H3. The van der Waals surface area contributed by atoms with Gasteiger partial charge in [0, 0.05) is 19.7 Å². The minimum Gasteiger partial charge on any atom is -0.372 e. The number of carbonyl (C=O) groups is 1. The van der Waals surface area contributed by atoms with Crippen LogP contribution in [0.25, 0.3) is 0 Å². The lowest BCUT2D eigenvalue weighted by atomic mass is 9.99. The highest BCUT2D eigenvalue weighted by Crippen LogP contribution is 2.15. The maximum Gasteiger partial charge on any atom is 0.248 e. The molecule has 0 unspecified atom stereocenters. The Kier molecular flexibility index (Phi) is 5.65. The number of nitrogens with zero attached hydrogens (tertiary/aromatic N) is 1. The number of hydrogen-bond donors (Lipinski definition) is 1. The summed E-state index contributed by atoms with van der Waals surface area (Å²) in [6, 6.07) is 0. The summed E-state index contributed by atoms with van der Waals surface area (Å²) in [6.07, 6.45) is 3.06. The highest BCUT2D eigenvalue weighted by atomic mass is 16.5. The fourth-order valence-corrected chi connectivity index (χ4v) is 1.69. The summed E-state index contributed by atoms with van der Waals surface area (Å²) in [7, 11) is 0. The number of amides is 1. The van der Waals surface area contributed by atoms with E-state index in [9.17, 15) is 4.79 Å². The van der Waals surface area contributed by atoms with Gasteiger partial charge in [0.25, 0.3) is 0 Å². The molecule has 4 nitrogen and oxygen atoms in total. The van der Waals surface area contributed by atoms with Crippen molar-refractivity contribution in [1.82, 2.24) is 4.90 Å². The Balaban J connectivity index is 2.11. The fraction of sp³-hybridized carbons (Fsp3) is 0.909. The summed E-state index contributed by atoms with van der Waals surface area (Å²) in [4.78, 5) is 13.5. The average Bonchev–Trinajstić information content (AvgIpc) is 2.25. The van der Waals surface area contributed by atoms with Gasteiger partial charge >= 0.3 is 0 Å². The van der Waals surface area contributed by atoms with Crippen molar-refractivity contribution in [2.75, 3.05) is 32.8 Å². The molecule has 0 aromatic rings. The summed E-state index contributed by atoms with van der Waals surface area (Å²) in [5.74, 6) is 0.881. The molecule has 88 valence electrons. The maximum absolute atomic E-state index is 11.6. The van der Waals surface area contributed by atoms with Crippen LogP contribution in [0.4, 0.5) is 0 Å². The van der Waals surface area contributed by atoms with E-state index in [1.165, 1.54) is 0 Å². The Labute approximate surface area is 91.8 Å². The number of hydrogen-bond acceptors (Lipinski definition) is 3. The predicted octanol–water partition coefficient (Wildman–Crippen LogP) is 0.610. The van der Waals surface area contributed by atoms with E-state index in [4.69, 9.17) is 10.5 Å². The summed E-state index contributed by atoms with van der Waals surface area (Å²) >= 11 is 0. The van der Waals surface area contributed by atoms with Crippen molar-refractivity contribution in [2.24, 2.45) is 11.7 Å². The van der Waals surface area contributed by atoms with Crippen LogP contribution in [0.5, 0.6) is 0 Å². The lowest BCUT2D eigenvalue weighted by molar-refractivity contribution is -0.137. The van der Waals surface area contributed by atoms with Gasteiger partial charge in [0.1, 0.15) is 6.61 Å². The van der Waals surface area contributed by atoms with Gasteiger partial charge in [-0.25, -0.2) is 0 Å². The molecule has 0 radical (unpaired) electrons. The summed E-state index contributed by atoms with van der Waals surface area (Å²) in [5, 5.41) is 0. The molecule has 1 amide bonds. The van der Waals surface area contributed by atoms with Gasteiger partial charge in [-0.1, -0.05) is 6.92 Å². The van der Waals surface area contributed by atoms with Crippen molar-refractivity contribution in [2.45, 2.75) is 26.2 Å². The van der Waals surface area contributed by atoms with Crippen molar-refractivity contribution >= 4 is 5.91 Å². The van der Waals surface area contributed by atoms with Crippen LogP contribution >= 0.6 is 0 Å². The van der Waals surface area contributed by atoms with E-state index in [0.717, 1.165) is 38.3 Å². The fourth-order valence-electron chi connectivity index (χ4n) is 1.69. The first-order valence-corrected chi connectivity index (χ1v) is 5.79. The summed E-state index contributed by atoms with van der Waals surface area (Å²) in [5.41, 5.74) is 5.33. The zero-order valence-corrected chi connectivity index (χ0v) is 9.58. The smallest absolute Gasteiger partial charge is 0.248 e. The molecule has 2 N–H and O–H groups in total. The van der Waals surface area contributed by atoms with E-state index in [2.05, 4.69) is 6.92 Å². The molecule has 1 heterocycles. The van der Waals surface area contributed by atoms with E-state index in [0.29, 0.717) is 13.2 Å². The highest BCUT2D eigenvalue weighted by molar-refractivity contribution is 5.77. The third-order valence-electron chi connectivity index (χ3n) is 2.85. The van der Waals surface area contributed by atoms with Crippen molar-refractivity contribution in [3.63, 3.8) is 0 Å². The van der Waals surface area contributed by atoms with Gasteiger partial charge < -0.3 is 15.4 Å². The van der Waals surface area contributed by atoms with Gasteiger partial charge in [-0.3, -0.25) is 4.79 Å². The van der Waals surface area contributed by atoms with Crippen LogP contribution in [0, 0.1) is 5.92 Å². The molecular weight excluding hydrogens is 192 g/mol. The number of nitrogens with two attached hydrogens (primary N) is 1. The molecule has 0 atom stereocenters. The van der Waals surface area contributed by atoms with Crippen LogP contribution in [0.15, 0.2) is 0 Å². The molecule has 1 rings (SSSR count). The Morgan fingerprint density at radius 3 is 2.73 bits per heavy atom. The summed E-state index contributed by atoms with van der Waals surface area (Å²) < 4.78 is 5.24. The quantitative estimate of drug-likeness (QED) is 0.682. The predicted molar refractivity (Wildman–Crippen MR) is 59.5 cm³/mol. The van der Waals surface area contributed by atoms with Crippen LogP contribution in [-0.4, -0.2) is 43.7 Å². The Morgan fingerprint density at radius 1 is 1.47 bits per heavy atom. The van der Waals surface area contributed by atoms with Crippen LogP contribution in [0.1, 0.15) is 26.2 Å². The third kappa shape index (κ3) is 4.62. The van der Waals surface area contributed by atoms with Crippen molar-refractivity contribution < 1.29 is 9.53 Å². The van der Waals surface area contributed by atoms with Gasteiger partial charge in [0.05, 0.1) is 0 Å². The number of rotatable bonds is 5. The number of ether oxygens (including phenoxy) is 1. The van der Waals surface area contributed by atoms with Crippen molar-refractivity contribution in [3.8, 4) is 0 Å². The van der Waals surface area contributed by atoms with Gasteiger partial charge in [-0.15, -0.1) is 0 Å². The molecule has 4 heteroatoms. The molecule has 1 saturated heterocycles. The average molecular weight is 214 g/mol. The molecular formula is C11H22N2O2. The van der Waals surface area contributed by atoms with Crippen molar-refractivity contribution in [1.29, 1.82) is 0 Å². The van der Waals surface area contributed by atoms with Crippen LogP contribution < -0.4 is 5.73 Å². The third-order valence-corrected chi connectivity index (χ3v) is 2.85. The second-order valence-corrected chi connectivity index (χ2v) is 4.26. The molecule has 1 fully saturated rings. The molecule has 1 aliphatic heterocycles. The van der Waals surface area contributed by atoms with Crippen LogP contribution in [-0.2, 0) is 9.53 Å². The van der Waals surface area contributed by atoms with Gasteiger partial charge in [-0.2, -0.15) is 0 Å². The van der Waals surface area contributed by atoms with Gasteiger partial charge in [0.15, 0.2) is 0 Å². The minimum atomic E-state index is 0.124. The number of piperidine rings is 1. The Hall–Kier alpha value is -0.610. The topological polar surface area (TPSA) is 55.6 Å². The van der Waals surface area contributed by atoms with Crippen LogP contribution in [0.3, 0.4) is 0 Å². The molecule has 0 saturated carbocycles. The Bertz CT molecular complexity index is 189. The first kappa shape index (κ1) is 12.5. The zero-order chi connectivity index (χ0) is 11.1. The molecule has 0 spiro atoms. The molecule has 15 heavy (non-hydrogen) atoms. The van der Waals surface area contributed by atoms with E-state index >= 15 is 0 Å². The van der Waals surface area contributed by atoms with Crippen molar-refractivity contribution in [3.05, 3.63) is 0 Å². The first-order chi connectivity index (χ1) is 7.24. The second-order valence-electron chi connectivity index (χ2n) is 4.26. The molecule has 0 aromatic carbocycles. The van der Waals surface area contributed by atoms with E-state index in [1.807, 2.05) is 4.90 Å². The SMILES string of the molecule is CC1CCN(C(=O)COCCCN)CC1.